The molecule has 98 valence electrons. The average Bonchev–Trinajstić information content (AvgIpc) is 2.85. The zero-order valence-corrected chi connectivity index (χ0v) is 11.6. The monoisotopic (exact) mass is 294 g/mol. The van der Waals surface area contributed by atoms with Gasteiger partial charge in [-0.3, -0.25) is 4.72 Å². The molecule has 1 aromatic heterocycles. The van der Waals surface area contributed by atoms with Gasteiger partial charge in [0.05, 0.1) is 5.56 Å². The Bertz CT molecular complexity index is 731. The Morgan fingerprint density at radius 3 is 2.74 bits per heavy atom. The molecule has 2 aromatic rings. The molecule has 1 heterocycles. The van der Waals surface area contributed by atoms with Crippen LogP contribution in [0.15, 0.2) is 29.2 Å². The molecule has 8 heteroatoms. The van der Waals surface area contributed by atoms with Crippen molar-refractivity contribution in [2.24, 2.45) is 0 Å². The summed E-state index contributed by atoms with van der Waals surface area (Å²) in [5, 5.41) is 17.4. The number of nitrogens with one attached hydrogen (secondary N) is 1. The summed E-state index contributed by atoms with van der Waals surface area (Å²) in [6.45, 7) is 1.91. The Morgan fingerprint density at radius 1 is 1.37 bits per heavy atom. The molecule has 6 nitrogen and oxygen atoms in total. The minimum absolute atomic E-state index is 0.0641. The smallest absolute Gasteiger partial charge is 0.253 e. The van der Waals surface area contributed by atoms with Crippen LogP contribution in [0.5, 0.6) is 0 Å². The lowest BCUT2D eigenvalue weighted by molar-refractivity contribution is 0.601. The van der Waals surface area contributed by atoms with Gasteiger partial charge in [0.25, 0.3) is 10.0 Å². The van der Waals surface area contributed by atoms with Gasteiger partial charge in [0.2, 0.25) is 5.13 Å². The number of aryl methyl sites for hydroxylation is 1. The molecule has 0 radical (unpaired) electrons. The molecule has 0 saturated carbocycles. The fourth-order valence-electron chi connectivity index (χ4n) is 1.40. The van der Waals surface area contributed by atoms with Gasteiger partial charge in [-0.25, -0.2) is 8.42 Å². The van der Waals surface area contributed by atoms with Crippen LogP contribution in [0, 0.1) is 11.3 Å². The molecule has 0 saturated heterocycles. The summed E-state index contributed by atoms with van der Waals surface area (Å²) in [5.74, 6) is 0. The number of benzene rings is 1. The van der Waals surface area contributed by atoms with Crippen molar-refractivity contribution in [3.05, 3.63) is 34.8 Å². The van der Waals surface area contributed by atoms with Crippen molar-refractivity contribution >= 4 is 26.5 Å². The molecule has 0 aliphatic carbocycles. The highest BCUT2D eigenvalue weighted by molar-refractivity contribution is 7.93. The van der Waals surface area contributed by atoms with Gasteiger partial charge in [-0.05, 0) is 18.6 Å². The maximum absolute atomic E-state index is 12.2. The van der Waals surface area contributed by atoms with Gasteiger partial charge >= 0.3 is 0 Å². The Kier molecular flexibility index (Phi) is 3.78. The van der Waals surface area contributed by atoms with Crippen LogP contribution in [0.1, 0.15) is 17.5 Å². The zero-order chi connectivity index (χ0) is 13.9. The standard InChI is InChI=1S/C11H10N4O2S2/c1-2-10-13-14-11(18-10)15-19(16,17)9-6-4-3-5-8(9)7-12/h3-6H,2H2,1H3,(H,14,15). The first-order valence-electron chi connectivity index (χ1n) is 5.41. The topological polar surface area (TPSA) is 95.7 Å². The van der Waals surface area contributed by atoms with Crippen molar-refractivity contribution in [1.29, 1.82) is 5.26 Å². The van der Waals surface area contributed by atoms with Crippen molar-refractivity contribution in [3.63, 3.8) is 0 Å². The van der Waals surface area contributed by atoms with E-state index in [1.54, 1.807) is 12.1 Å². The van der Waals surface area contributed by atoms with Crippen LogP contribution in [-0.4, -0.2) is 18.6 Å². The summed E-state index contributed by atoms with van der Waals surface area (Å²) in [4.78, 5) is -0.0641. The van der Waals surface area contributed by atoms with E-state index >= 15 is 0 Å². The lowest BCUT2D eigenvalue weighted by Gasteiger charge is -2.05. The fraction of sp³-hybridized carbons (Fsp3) is 0.182. The largest absolute Gasteiger partial charge is 0.265 e. The van der Waals surface area contributed by atoms with Crippen LogP contribution in [-0.2, 0) is 16.4 Å². The highest BCUT2D eigenvalue weighted by atomic mass is 32.2. The molecule has 0 aliphatic rings. The first-order valence-corrected chi connectivity index (χ1v) is 7.71. The SMILES string of the molecule is CCc1nnc(NS(=O)(=O)c2ccccc2C#N)s1. The maximum atomic E-state index is 12.2. The zero-order valence-electron chi connectivity index (χ0n) is 9.99. The average molecular weight is 294 g/mol. The van der Waals surface area contributed by atoms with Gasteiger partial charge < -0.3 is 0 Å². The Labute approximate surface area is 114 Å². The predicted octanol–water partition coefficient (Wildman–Crippen LogP) is 1.77. The molecule has 0 bridgehead atoms. The van der Waals surface area contributed by atoms with Gasteiger partial charge in [0.1, 0.15) is 16.0 Å². The first-order chi connectivity index (χ1) is 9.06. The van der Waals surface area contributed by atoms with Crippen molar-refractivity contribution in [2.45, 2.75) is 18.2 Å². The molecule has 2 rings (SSSR count). The summed E-state index contributed by atoms with van der Waals surface area (Å²) in [6.07, 6.45) is 0.689. The van der Waals surface area contributed by atoms with E-state index in [0.717, 1.165) is 5.01 Å². The number of nitrogens with zero attached hydrogens (tertiary/aromatic N) is 3. The van der Waals surface area contributed by atoms with Gasteiger partial charge in [-0.1, -0.05) is 30.4 Å². The molecule has 0 spiro atoms. The number of rotatable bonds is 4. The van der Waals surface area contributed by atoms with Crippen molar-refractivity contribution in [3.8, 4) is 6.07 Å². The molecule has 0 atom stereocenters. The van der Waals surface area contributed by atoms with E-state index in [1.807, 2.05) is 13.0 Å². The Hall–Kier alpha value is -1.98. The second-order valence-electron chi connectivity index (χ2n) is 3.57. The van der Waals surface area contributed by atoms with E-state index in [2.05, 4.69) is 14.9 Å². The number of nitriles is 1. The normalized spacial score (nSPS) is 10.9. The lowest BCUT2D eigenvalue weighted by Crippen LogP contribution is -2.14. The summed E-state index contributed by atoms with van der Waals surface area (Å²) < 4.78 is 26.6. The second-order valence-corrected chi connectivity index (χ2v) is 6.28. The van der Waals surface area contributed by atoms with E-state index < -0.39 is 10.0 Å². The summed E-state index contributed by atoms with van der Waals surface area (Å²) >= 11 is 1.17. The molecule has 1 aromatic carbocycles. The first kappa shape index (κ1) is 13.5. The minimum atomic E-state index is -3.82. The molecule has 0 aliphatic heterocycles. The second kappa shape index (κ2) is 5.34. The van der Waals surface area contributed by atoms with E-state index in [9.17, 15) is 8.42 Å². The molecular formula is C11H10N4O2S2. The van der Waals surface area contributed by atoms with E-state index in [1.165, 1.54) is 23.5 Å². The van der Waals surface area contributed by atoms with Crippen LogP contribution in [0.25, 0.3) is 0 Å². The lowest BCUT2D eigenvalue weighted by atomic mass is 10.2. The van der Waals surface area contributed by atoms with E-state index in [4.69, 9.17) is 5.26 Å². The third-order valence-corrected chi connectivity index (χ3v) is 4.80. The quantitative estimate of drug-likeness (QED) is 0.927. The van der Waals surface area contributed by atoms with Gasteiger partial charge in [0, 0.05) is 0 Å². The molecule has 19 heavy (non-hydrogen) atoms. The van der Waals surface area contributed by atoms with Crippen molar-refractivity contribution in [2.75, 3.05) is 4.72 Å². The van der Waals surface area contributed by atoms with Crippen LogP contribution in [0.2, 0.25) is 0 Å². The molecule has 0 amide bonds. The van der Waals surface area contributed by atoms with Crippen LogP contribution >= 0.6 is 11.3 Å². The van der Waals surface area contributed by atoms with Gasteiger partial charge in [0.15, 0.2) is 0 Å². The highest BCUT2D eigenvalue weighted by Gasteiger charge is 2.20. The van der Waals surface area contributed by atoms with E-state index in [-0.39, 0.29) is 15.6 Å². The molecule has 0 unspecified atom stereocenters. The number of hydrogen-bond donors (Lipinski definition) is 1. The molecule has 0 fully saturated rings. The van der Waals surface area contributed by atoms with Gasteiger partial charge in [-0.15, -0.1) is 10.2 Å². The fourth-order valence-corrected chi connectivity index (χ4v) is 3.47. The van der Waals surface area contributed by atoms with Crippen LogP contribution in [0.4, 0.5) is 5.13 Å². The number of hydrogen-bond acceptors (Lipinski definition) is 6. The highest BCUT2D eigenvalue weighted by Crippen LogP contribution is 2.21. The van der Waals surface area contributed by atoms with Gasteiger partial charge in [-0.2, -0.15) is 5.26 Å². The molecular weight excluding hydrogens is 284 g/mol. The third-order valence-electron chi connectivity index (χ3n) is 2.29. The predicted molar refractivity (Wildman–Crippen MR) is 71.3 cm³/mol. The number of anilines is 1. The van der Waals surface area contributed by atoms with Crippen molar-refractivity contribution in [1.82, 2.24) is 10.2 Å². The van der Waals surface area contributed by atoms with Crippen LogP contribution < -0.4 is 4.72 Å². The minimum Gasteiger partial charge on any atom is -0.253 e. The summed E-state index contributed by atoms with van der Waals surface area (Å²) in [5.41, 5.74) is 0.0928. The summed E-state index contributed by atoms with van der Waals surface area (Å²) in [6, 6.07) is 7.85. The maximum Gasteiger partial charge on any atom is 0.265 e. The molecule has 1 N–H and O–H groups in total. The Balaban J connectivity index is 2.35. The number of aromatic nitrogens is 2. The van der Waals surface area contributed by atoms with E-state index in [0.29, 0.717) is 6.42 Å². The summed E-state index contributed by atoms with van der Waals surface area (Å²) in [7, 11) is -3.82. The third kappa shape index (κ3) is 2.89. The van der Waals surface area contributed by atoms with Crippen molar-refractivity contribution < 1.29 is 8.42 Å². The Morgan fingerprint density at radius 2 is 2.11 bits per heavy atom. The number of sulfonamides is 1. The van der Waals surface area contributed by atoms with Crippen LogP contribution in [0.3, 0.4) is 0 Å².